The van der Waals surface area contributed by atoms with Crippen molar-refractivity contribution in [3.63, 3.8) is 0 Å². The Kier molecular flexibility index (Phi) is 6.74. The van der Waals surface area contributed by atoms with Crippen LogP contribution in [0.4, 0.5) is 18.9 Å². The maximum Gasteiger partial charge on any atom is 0.254 e. The molecule has 2 aromatic carbocycles. The van der Waals surface area contributed by atoms with Gasteiger partial charge in [-0.3, -0.25) is 9.59 Å². The van der Waals surface area contributed by atoms with Crippen LogP contribution in [0.2, 0.25) is 0 Å². The van der Waals surface area contributed by atoms with E-state index in [9.17, 15) is 22.8 Å². The monoisotopic (exact) mass is 430 g/mol. The standard InChI is InChI=1S/C22H21F3N4O2/c1-3-12-28(13-19(30)27-18-9-8-17(23)20(24)21(18)25)22(31)15-4-6-16(7-5-15)29-14(2)10-11-26-29/h4-11H,3,12-13H2,1-2H3,(H,27,30). The number of carbonyl (C=O) groups is 2. The summed E-state index contributed by atoms with van der Waals surface area (Å²) in [6, 6.07) is 10.3. The van der Waals surface area contributed by atoms with Crippen LogP contribution in [0.1, 0.15) is 29.4 Å². The van der Waals surface area contributed by atoms with E-state index in [1.165, 1.54) is 4.90 Å². The third-order valence-corrected chi connectivity index (χ3v) is 4.62. The molecule has 0 saturated heterocycles. The molecule has 162 valence electrons. The first-order chi connectivity index (χ1) is 14.8. The molecule has 0 unspecified atom stereocenters. The number of hydrogen-bond donors (Lipinski definition) is 1. The molecule has 1 heterocycles. The minimum atomic E-state index is -1.67. The second-order valence-corrected chi connectivity index (χ2v) is 6.93. The zero-order valence-corrected chi connectivity index (χ0v) is 17.0. The predicted molar refractivity (Wildman–Crippen MR) is 109 cm³/mol. The van der Waals surface area contributed by atoms with Crippen LogP contribution in [0, 0.1) is 24.4 Å². The van der Waals surface area contributed by atoms with Gasteiger partial charge in [-0.1, -0.05) is 6.92 Å². The van der Waals surface area contributed by atoms with E-state index in [-0.39, 0.29) is 19.0 Å². The smallest absolute Gasteiger partial charge is 0.254 e. The van der Waals surface area contributed by atoms with Gasteiger partial charge in [0.25, 0.3) is 5.91 Å². The van der Waals surface area contributed by atoms with Crippen molar-refractivity contribution in [3.8, 4) is 5.69 Å². The first-order valence-electron chi connectivity index (χ1n) is 9.65. The Labute approximate surface area is 177 Å². The normalized spacial score (nSPS) is 10.7. The van der Waals surface area contributed by atoms with Gasteiger partial charge in [0, 0.05) is 24.0 Å². The van der Waals surface area contributed by atoms with Crippen molar-refractivity contribution in [3.05, 3.63) is 77.4 Å². The highest BCUT2D eigenvalue weighted by atomic mass is 19.2. The molecule has 2 amide bonds. The Morgan fingerprint density at radius 3 is 2.35 bits per heavy atom. The van der Waals surface area contributed by atoms with Crippen molar-refractivity contribution in [2.75, 3.05) is 18.4 Å². The quantitative estimate of drug-likeness (QED) is 0.574. The van der Waals surface area contributed by atoms with E-state index in [0.29, 0.717) is 18.1 Å². The van der Waals surface area contributed by atoms with Crippen molar-refractivity contribution in [1.82, 2.24) is 14.7 Å². The van der Waals surface area contributed by atoms with Gasteiger partial charge in [-0.05, 0) is 55.8 Å². The Morgan fingerprint density at radius 1 is 1.03 bits per heavy atom. The Bertz CT molecular complexity index is 1100. The lowest BCUT2D eigenvalue weighted by Gasteiger charge is -2.22. The first kappa shape index (κ1) is 22.1. The molecule has 3 rings (SSSR count). The summed E-state index contributed by atoms with van der Waals surface area (Å²) in [6.07, 6.45) is 2.26. The fraction of sp³-hybridized carbons (Fsp3) is 0.227. The third kappa shape index (κ3) is 4.93. The lowest BCUT2D eigenvalue weighted by atomic mass is 10.1. The van der Waals surface area contributed by atoms with Gasteiger partial charge in [0.15, 0.2) is 17.5 Å². The minimum absolute atomic E-state index is 0.284. The predicted octanol–water partition coefficient (Wildman–Crippen LogP) is 4.09. The zero-order chi connectivity index (χ0) is 22.5. The number of hydrogen-bond acceptors (Lipinski definition) is 3. The van der Waals surface area contributed by atoms with Crippen molar-refractivity contribution in [2.45, 2.75) is 20.3 Å². The Hall–Kier alpha value is -3.62. The Balaban J connectivity index is 1.72. The van der Waals surface area contributed by atoms with E-state index in [1.807, 2.05) is 19.9 Å². The number of carbonyl (C=O) groups excluding carboxylic acids is 2. The molecule has 0 aliphatic heterocycles. The molecule has 1 aromatic heterocycles. The van der Waals surface area contributed by atoms with Crippen molar-refractivity contribution in [1.29, 1.82) is 0 Å². The fourth-order valence-corrected chi connectivity index (χ4v) is 3.08. The van der Waals surface area contributed by atoms with E-state index in [2.05, 4.69) is 10.4 Å². The molecule has 31 heavy (non-hydrogen) atoms. The van der Waals surface area contributed by atoms with Crippen LogP contribution in [0.3, 0.4) is 0 Å². The van der Waals surface area contributed by atoms with Gasteiger partial charge in [0.1, 0.15) is 6.54 Å². The highest BCUT2D eigenvalue weighted by molar-refractivity contribution is 5.99. The van der Waals surface area contributed by atoms with Crippen LogP contribution >= 0.6 is 0 Å². The number of aromatic nitrogens is 2. The fourth-order valence-electron chi connectivity index (χ4n) is 3.08. The van der Waals surface area contributed by atoms with E-state index in [4.69, 9.17) is 0 Å². The summed E-state index contributed by atoms with van der Waals surface area (Å²) in [7, 11) is 0. The summed E-state index contributed by atoms with van der Waals surface area (Å²) in [4.78, 5) is 26.5. The second-order valence-electron chi connectivity index (χ2n) is 6.93. The molecular formula is C22H21F3N4O2. The van der Waals surface area contributed by atoms with Crippen LogP contribution < -0.4 is 5.32 Å². The number of nitrogens with zero attached hydrogens (tertiary/aromatic N) is 3. The van der Waals surface area contributed by atoms with Gasteiger partial charge in [-0.15, -0.1) is 0 Å². The zero-order valence-electron chi connectivity index (χ0n) is 17.0. The summed E-state index contributed by atoms with van der Waals surface area (Å²) in [5.41, 5.74) is 1.60. The SMILES string of the molecule is CCCN(CC(=O)Nc1ccc(F)c(F)c1F)C(=O)c1ccc(-n2nccc2C)cc1. The van der Waals surface area contributed by atoms with E-state index in [0.717, 1.165) is 17.4 Å². The third-order valence-electron chi connectivity index (χ3n) is 4.62. The van der Waals surface area contributed by atoms with Gasteiger partial charge in [0.2, 0.25) is 5.91 Å². The summed E-state index contributed by atoms with van der Waals surface area (Å²) in [5, 5.41) is 6.39. The number of aryl methyl sites for hydroxylation is 1. The van der Waals surface area contributed by atoms with Crippen LogP contribution in [-0.4, -0.2) is 39.6 Å². The number of amides is 2. The molecule has 0 saturated carbocycles. The lowest BCUT2D eigenvalue weighted by molar-refractivity contribution is -0.116. The Morgan fingerprint density at radius 2 is 1.74 bits per heavy atom. The molecule has 0 radical (unpaired) electrons. The molecule has 6 nitrogen and oxygen atoms in total. The molecule has 3 aromatic rings. The van der Waals surface area contributed by atoms with Gasteiger partial charge in [-0.25, -0.2) is 17.9 Å². The summed E-state index contributed by atoms with van der Waals surface area (Å²) in [5.74, 6) is -5.63. The van der Waals surface area contributed by atoms with E-state index >= 15 is 0 Å². The summed E-state index contributed by atoms with van der Waals surface area (Å²) >= 11 is 0. The van der Waals surface area contributed by atoms with E-state index in [1.54, 1.807) is 35.1 Å². The molecular weight excluding hydrogens is 409 g/mol. The number of benzene rings is 2. The van der Waals surface area contributed by atoms with Gasteiger partial charge in [0.05, 0.1) is 11.4 Å². The summed E-state index contributed by atoms with van der Waals surface area (Å²) < 4.78 is 41.9. The molecule has 1 N–H and O–H groups in total. The number of anilines is 1. The first-order valence-corrected chi connectivity index (χ1v) is 9.65. The van der Waals surface area contributed by atoms with Gasteiger partial charge in [-0.2, -0.15) is 5.10 Å². The van der Waals surface area contributed by atoms with Crippen molar-refractivity contribution >= 4 is 17.5 Å². The average molecular weight is 430 g/mol. The van der Waals surface area contributed by atoms with Crippen LogP contribution in [0.5, 0.6) is 0 Å². The van der Waals surface area contributed by atoms with Crippen LogP contribution in [0.15, 0.2) is 48.7 Å². The largest absolute Gasteiger partial charge is 0.329 e. The van der Waals surface area contributed by atoms with Crippen molar-refractivity contribution < 1.29 is 22.8 Å². The molecule has 0 fully saturated rings. The molecule has 0 aliphatic carbocycles. The highest BCUT2D eigenvalue weighted by Gasteiger charge is 2.20. The second kappa shape index (κ2) is 9.46. The lowest BCUT2D eigenvalue weighted by Crippen LogP contribution is -2.38. The average Bonchev–Trinajstić information content (AvgIpc) is 3.19. The van der Waals surface area contributed by atoms with Gasteiger partial charge < -0.3 is 10.2 Å². The molecule has 0 aliphatic rings. The summed E-state index contributed by atoms with van der Waals surface area (Å²) in [6.45, 7) is 3.66. The maximum absolute atomic E-state index is 13.8. The van der Waals surface area contributed by atoms with Crippen LogP contribution in [0.25, 0.3) is 5.69 Å². The topological polar surface area (TPSA) is 67.2 Å². The van der Waals surface area contributed by atoms with Crippen molar-refractivity contribution in [2.24, 2.45) is 0 Å². The highest BCUT2D eigenvalue weighted by Crippen LogP contribution is 2.20. The maximum atomic E-state index is 13.8. The van der Waals surface area contributed by atoms with E-state index < -0.39 is 29.0 Å². The number of nitrogens with one attached hydrogen (secondary N) is 1. The molecule has 0 atom stereocenters. The minimum Gasteiger partial charge on any atom is -0.329 e. The van der Waals surface area contributed by atoms with Crippen LogP contribution in [-0.2, 0) is 4.79 Å². The number of rotatable bonds is 7. The van der Waals surface area contributed by atoms with Gasteiger partial charge >= 0.3 is 0 Å². The molecule has 9 heteroatoms. The molecule has 0 spiro atoms. The molecule has 0 bridgehead atoms. The number of halogens is 3.